The molecular formula is C15H29N3O3. The van der Waals surface area contributed by atoms with Crippen molar-refractivity contribution in [2.24, 2.45) is 0 Å². The van der Waals surface area contributed by atoms with Crippen molar-refractivity contribution < 1.29 is 14.7 Å². The molecule has 1 unspecified atom stereocenters. The molecule has 6 nitrogen and oxygen atoms in total. The molecule has 0 aromatic rings. The van der Waals surface area contributed by atoms with Crippen molar-refractivity contribution in [1.29, 1.82) is 0 Å². The molecule has 0 saturated heterocycles. The third kappa shape index (κ3) is 7.70. The van der Waals surface area contributed by atoms with Gasteiger partial charge in [-0.1, -0.05) is 19.9 Å². The van der Waals surface area contributed by atoms with E-state index in [1.165, 1.54) is 6.08 Å². The first-order chi connectivity index (χ1) is 9.99. The van der Waals surface area contributed by atoms with Gasteiger partial charge >= 0.3 is 12.0 Å². The van der Waals surface area contributed by atoms with E-state index in [1.54, 1.807) is 4.90 Å². The van der Waals surface area contributed by atoms with E-state index >= 15 is 0 Å². The first-order valence-corrected chi connectivity index (χ1v) is 7.61. The highest BCUT2D eigenvalue weighted by Crippen LogP contribution is 1.99. The Labute approximate surface area is 127 Å². The molecule has 0 fully saturated rings. The van der Waals surface area contributed by atoms with Crippen molar-refractivity contribution in [3.05, 3.63) is 12.7 Å². The van der Waals surface area contributed by atoms with Gasteiger partial charge in [-0.2, -0.15) is 0 Å². The minimum Gasteiger partial charge on any atom is -0.480 e. The van der Waals surface area contributed by atoms with Crippen LogP contribution in [0.1, 0.15) is 33.6 Å². The molecule has 21 heavy (non-hydrogen) atoms. The van der Waals surface area contributed by atoms with Gasteiger partial charge in [-0.25, -0.2) is 9.59 Å². The Bertz CT molecular complexity index is 330. The summed E-state index contributed by atoms with van der Waals surface area (Å²) in [5.41, 5.74) is 0. The third-order valence-electron chi connectivity index (χ3n) is 3.46. The lowest BCUT2D eigenvalue weighted by Crippen LogP contribution is -2.48. The number of hydrogen-bond donors (Lipinski definition) is 2. The molecule has 6 heteroatoms. The minimum atomic E-state index is -1.04. The standard InChI is InChI=1S/C15H29N3O3/c1-5-10-13(14(19)20)16-15(21)18(8-4)12-9-11-17(6-2)7-3/h5,13H,1,6-12H2,2-4H3,(H,16,21)(H,19,20). The van der Waals surface area contributed by atoms with Crippen LogP contribution in [0.3, 0.4) is 0 Å². The zero-order valence-electron chi connectivity index (χ0n) is 13.5. The highest BCUT2D eigenvalue weighted by Gasteiger charge is 2.21. The van der Waals surface area contributed by atoms with Gasteiger partial charge in [0.15, 0.2) is 0 Å². The molecule has 0 aromatic heterocycles. The van der Waals surface area contributed by atoms with Crippen LogP contribution in [0, 0.1) is 0 Å². The molecule has 0 heterocycles. The summed E-state index contributed by atoms with van der Waals surface area (Å²) >= 11 is 0. The van der Waals surface area contributed by atoms with E-state index in [0.29, 0.717) is 13.1 Å². The molecule has 0 aliphatic rings. The van der Waals surface area contributed by atoms with E-state index in [1.807, 2.05) is 6.92 Å². The molecule has 0 saturated carbocycles. The van der Waals surface area contributed by atoms with Crippen molar-refractivity contribution in [3.8, 4) is 0 Å². The number of hydrogen-bond acceptors (Lipinski definition) is 3. The Kier molecular flexibility index (Phi) is 10.3. The number of amides is 2. The molecule has 0 rings (SSSR count). The fourth-order valence-corrected chi connectivity index (χ4v) is 2.06. The van der Waals surface area contributed by atoms with Gasteiger partial charge in [0.2, 0.25) is 0 Å². The number of carboxylic acid groups (broad SMARTS) is 1. The van der Waals surface area contributed by atoms with E-state index in [4.69, 9.17) is 5.11 Å². The van der Waals surface area contributed by atoms with Crippen LogP contribution in [0.15, 0.2) is 12.7 Å². The Morgan fingerprint density at radius 2 is 1.81 bits per heavy atom. The molecule has 122 valence electrons. The monoisotopic (exact) mass is 299 g/mol. The first kappa shape index (κ1) is 19.4. The number of carbonyl (C=O) groups excluding carboxylic acids is 1. The van der Waals surface area contributed by atoms with Gasteiger partial charge in [0.05, 0.1) is 0 Å². The fourth-order valence-electron chi connectivity index (χ4n) is 2.06. The van der Waals surface area contributed by atoms with E-state index in [2.05, 4.69) is 30.6 Å². The van der Waals surface area contributed by atoms with Gasteiger partial charge in [0.1, 0.15) is 6.04 Å². The van der Waals surface area contributed by atoms with Crippen LogP contribution < -0.4 is 5.32 Å². The largest absolute Gasteiger partial charge is 0.480 e. The van der Waals surface area contributed by atoms with Gasteiger partial charge in [0, 0.05) is 13.1 Å². The van der Waals surface area contributed by atoms with Crippen LogP contribution in [0.5, 0.6) is 0 Å². The number of urea groups is 1. The second-order valence-corrected chi connectivity index (χ2v) is 4.82. The molecule has 0 aliphatic heterocycles. The normalized spacial score (nSPS) is 12.0. The zero-order chi connectivity index (χ0) is 16.3. The van der Waals surface area contributed by atoms with Crippen LogP contribution in [0.2, 0.25) is 0 Å². The topological polar surface area (TPSA) is 72.9 Å². The molecule has 0 aromatic carbocycles. The summed E-state index contributed by atoms with van der Waals surface area (Å²) in [5.74, 6) is -1.04. The van der Waals surface area contributed by atoms with Crippen molar-refractivity contribution in [2.75, 3.05) is 32.7 Å². The van der Waals surface area contributed by atoms with Crippen LogP contribution in [-0.4, -0.2) is 65.7 Å². The van der Waals surface area contributed by atoms with Gasteiger partial charge in [0.25, 0.3) is 0 Å². The van der Waals surface area contributed by atoms with Crippen LogP contribution >= 0.6 is 0 Å². The van der Waals surface area contributed by atoms with Gasteiger partial charge in [-0.15, -0.1) is 6.58 Å². The Morgan fingerprint density at radius 1 is 1.19 bits per heavy atom. The van der Waals surface area contributed by atoms with E-state index in [9.17, 15) is 9.59 Å². The maximum absolute atomic E-state index is 12.1. The number of carboxylic acids is 1. The van der Waals surface area contributed by atoms with E-state index in [-0.39, 0.29) is 12.5 Å². The Hall–Kier alpha value is -1.56. The fraction of sp³-hybridized carbons (Fsp3) is 0.733. The smallest absolute Gasteiger partial charge is 0.326 e. The van der Waals surface area contributed by atoms with Crippen molar-refractivity contribution in [2.45, 2.75) is 39.7 Å². The lowest BCUT2D eigenvalue weighted by Gasteiger charge is -2.25. The van der Waals surface area contributed by atoms with Crippen LogP contribution in [0.4, 0.5) is 4.79 Å². The van der Waals surface area contributed by atoms with Gasteiger partial charge < -0.3 is 20.2 Å². The molecule has 2 amide bonds. The number of aliphatic carboxylic acids is 1. The number of nitrogens with zero attached hydrogens (tertiary/aromatic N) is 2. The Balaban J connectivity index is 4.34. The summed E-state index contributed by atoms with van der Waals surface area (Å²) in [5, 5.41) is 11.6. The predicted octanol–water partition coefficient (Wildman–Crippen LogP) is 1.78. The van der Waals surface area contributed by atoms with Gasteiger partial charge in [-0.05, 0) is 39.4 Å². The predicted molar refractivity (Wildman–Crippen MR) is 84.4 cm³/mol. The lowest BCUT2D eigenvalue weighted by atomic mass is 10.2. The van der Waals surface area contributed by atoms with E-state index < -0.39 is 12.0 Å². The summed E-state index contributed by atoms with van der Waals surface area (Å²) in [6, 6.07) is -1.24. The van der Waals surface area contributed by atoms with Crippen molar-refractivity contribution >= 4 is 12.0 Å². The highest BCUT2D eigenvalue weighted by molar-refractivity contribution is 5.82. The number of carbonyl (C=O) groups is 2. The molecule has 0 bridgehead atoms. The number of rotatable bonds is 11. The zero-order valence-corrected chi connectivity index (χ0v) is 13.5. The average molecular weight is 299 g/mol. The maximum atomic E-state index is 12.1. The van der Waals surface area contributed by atoms with Crippen LogP contribution in [0.25, 0.3) is 0 Å². The van der Waals surface area contributed by atoms with E-state index in [0.717, 1.165) is 26.1 Å². The SMILES string of the molecule is C=CCC(NC(=O)N(CC)CCCN(CC)CC)C(=O)O. The highest BCUT2D eigenvalue weighted by atomic mass is 16.4. The van der Waals surface area contributed by atoms with Gasteiger partial charge in [-0.3, -0.25) is 0 Å². The maximum Gasteiger partial charge on any atom is 0.326 e. The van der Waals surface area contributed by atoms with Crippen LogP contribution in [-0.2, 0) is 4.79 Å². The summed E-state index contributed by atoms with van der Waals surface area (Å²) in [4.78, 5) is 27.0. The summed E-state index contributed by atoms with van der Waals surface area (Å²) in [6.45, 7) is 13.7. The molecule has 2 N–H and O–H groups in total. The average Bonchev–Trinajstić information content (AvgIpc) is 2.46. The number of nitrogens with one attached hydrogen (secondary N) is 1. The lowest BCUT2D eigenvalue weighted by molar-refractivity contribution is -0.139. The van der Waals surface area contributed by atoms with Crippen molar-refractivity contribution in [3.63, 3.8) is 0 Å². The minimum absolute atomic E-state index is 0.220. The Morgan fingerprint density at radius 3 is 2.24 bits per heavy atom. The summed E-state index contributed by atoms with van der Waals surface area (Å²) in [6.07, 6.45) is 2.59. The second-order valence-electron chi connectivity index (χ2n) is 4.82. The quantitative estimate of drug-likeness (QED) is 0.570. The summed E-state index contributed by atoms with van der Waals surface area (Å²) in [7, 11) is 0. The first-order valence-electron chi connectivity index (χ1n) is 7.61. The second kappa shape index (κ2) is 11.1. The molecule has 0 radical (unpaired) electrons. The molecule has 1 atom stereocenters. The van der Waals surface area contributed by atoms with Crippen molar-refractivity contribution in [1.82, 2.24) is 15.1 Å². The molecule has 0 aliphatic carbocycles. The molecule has 0 spiro atoms. The molecular weight excluding hydrogens is 270 g/mol. The third-order valence-corrected chi connectivity index (χ3v) is 3.46. The summed E-state index contributed by atoms with van der Waals surface area (Å²) < 4.78 is 0.